The molecule has 8 heteroatoms. The highest BCUT2D eigenvalue weighted by atomic mass is 16.5. The molecule has 0 radical (unpaired) electrons. The van der Waals surface area contributed by atoms with E-state index in [0.29, 0.717) is 13.1 Å². The standard InChI is InChI=1S/C26H33N5O3/c1-33-22-8-4-6-20(18-22)24-23-9-2-3-12-31(23)25(28-24)21-7-5-11-30(19-21)26(32)27-10-13-29-14-16-34-17-15-29/h2-4,6,8-9,12,18,21H,5,7,10-11,13-17,19H2,1H3,(H,27,32)/t21-/m1/s1. The van der Waals surface area contributed by atoms with Gasteiger partial charge in [0.05, 0.1) is 31.5 Å². The van der Waals surface area contributed by atoms with Gasteiger partial charge in [0.25, 0.3) is 0 Å². The number of likely N-dealkylation sites (tertiary alicyclic amines) is 1. The van der Waals surface area contributed by atoms with Gasteiger partial charge in [-0.05, 0) is 37.1 Å². The molecule has 1 N–H and O–H groups in total. The number of carbonyl (C=O) groups excluding carboxylic acids is 1. The average molecular weight is 464 g/mol. The lowest BCUT2D eigenvalue weighted by Crippen LogP contribution is -2.48. The second-order valence-electron chi connectivity index (χ2n) is 8.98. The smallest absolute Gasteiger partial charge is 0.317 e. The minimum absolute atomic E-state index is 0.0202. The molecule has 3 aromatic rings. The van der Waals surface area contributed by atoms with Crippen LogP contribution >= 0.6 is 0 Å². The largest absolute Gasteiger partial charge is 0.497 e. The first-order valence-corrected chi connectivity index (χ1v) is 12.2. The number of nitrogens with zero attached hydrogens (tertiary/aromatic N) is 4. The van der Waals surface area contributed by atoms with Gasteiger partial charge in [-0.15, -0.1) is 0 Å². The Morgan fingerprint density at radius 2 is 2.06 bits per heavy atom. The topological polar surface area (TPSA) is 71.3 Å². The highest BCUT2D eigenvalue weighted by Gasteiger charge is 2.28. The summed E-state index contributed by atoms with van der Waals surface area (Å²) in [5.41, 5.74) is 3.04. The zero-order chi connectivity index (χ0) is 23.3. The summed E-state index contributed by atoms with van der Waals surface area (Å²) in [6.45, 7) is 6.40. The molecular formula is C26H33N5O3. The highest BCUT2D eigenvalue weighted by Crippen LogP contribution is 2.33. The molecule has 2 aliphatic rings. The van der Waals surface area contributed by atoms with Gasteiger partial charge < -0.3 is 24.1 Å². The van der Waals surface area contributed by atoms with Crippen LogP contribution in [0.5, 0.6) is 5.75 Å². The van der Waals surface area contributed by atoms with Crippen LogP contribution in [0.25, 0.3) is 16.8 Å². The number of benzene rings is 1. The van der Waals surface area contributed by atoms with E-state index in [1.165, 1.54) is 0 Å². The summed E-state index contributed by atoms with van der Waals surface area (Å²) in [7, 11) is 1.68. The van der Waals surface area contributed by atoms with Crippen molar-refractivity contribution < 1.29 is 14.3 Å². The van der Waals surface area contributed by atoms with E-state index in [9.17, 15) is 4.79 Å². The maximum atomic E-state index is 12.9. The minimum atomic E-state index is 0.0202. The van der Waals surface area contributed by atoms with Gasteiger partial charge in [0, 0.05) is 56.9 Å². The van der Waals surface area contributed by atoms with Crippen molar-refractivity contribution in [1.29, 1.82) is 0 Å². The Balaban J connectivity index is 1.31. The third kappa shape index (κ3) is 4.88. The van der Waals surface area contributed by atoms with Crippen LogP contribution in [0.1, 0.15) is 24.6 Å². The number of imidazole rings is 1. The van der Waals surface area contributed by atoms with Crippen molar-refractivity contribution in [3.8, 4) is 17.0 Å². The van der Waals surface area contributed by atoms with Crippen molar-refractivity contribution in [2.45, 2.75) is 18.8 Å². The van der Waals surface area contributed by atoms with Crippen LogP contribution in [0.4, 0.5) is 4.79 Å². The molecule has 2 aromatic heterocycles. The number of piperidine rings is 1. The number of pyridine rings is 1. The lowest BCUT2D eigenvalue weighted by molar-refractivity contribution is 0.0385. The first-order valence-electron chi connectivity index (χ1n) is 12.2. The first kappa shape index (κ1) is 22.7. The van der Waals surface area contributed by atoms with Crippen molar-refractivity contribution >= 4 is 11.5 Å². The van der Waals surface area contributed by atoms with Crippen molar-refractivity contribution in [3.63, 3.8) is 0 Å². The van der Waals surface area contributed by atoms with Crippen molar-refractivity contribution in [2.24, 2.45) is 0 Å². The van der Waals surface area contributed by atoms with Crippen LogP contribution in [0, 0.1) is 0 Å². The van der Waals surface area contributed by atoms with Gasteiger partial charge in [0.1, 0.15) is 11.6 Å². The summed E-state index contributed by atoms with van der Waals surface area (Å²) in [4.78, 5) is 22.3. The predicted molar refractivity (Wildman–Crippen MR) is 131 cm³/mol. The van der Waals surface area contributed by atoms with Crippen LogP contribution in [-0.4, -0.2) is 84.8 Å². The molecule has 1 atom stereocenters. The summed E-state index contributed by atoms with van der Waals surface area (Å²) < 4.78 is 13.0. The molecule has 2 amide bonds. The number of morpholine rings is 1. The number of methoxy groups -OCH3 is 1. The Morgan fingerprint density at radius 3 is 2.91 bits per heavy atom. The summed E-state index contributed by atoms with van der Waals surface area (Å²) in [5.74, 6) is 2.01. The van der Waals surface area contributed by atoms with Crippen molar-refractivity contribution in [3.05, 3.63) is 54.5 Å². The number of carbonyl (C=O) groups is 1. The van der Waals surface area contributed by atoms with Crippen LogP contribution < -0.4 is 10.1 Å². The van der Waals surface area contributed by atoms with Crippen molar-refractivity contribution in [1.82, 2.24) is 24.5 Å². The molecule has 2 aliphatic heterocycles. The number of hydrogen-bond donors (Lipinski definition) is 1. The number of ether oxygens (including phenoxy) is 2. The van der Waals surface area contributed by atoms with Gasteiger partial charge in [-0.1, -0.05) is 18.2 Å². The Labute approximate surface area is 200 Å². The van der Waals surface area contributed by atoms with Crippen LogP contribution in [-0.2, 0) is 4.74 Å². The maximum Gasteiger partial charge on any atom is 0.317 e. The molecule has 4 heterocycles. The van der Waals surface area contributed by atoms with E-state index in [2.05, 4.69) is 32.9 Å². The minimum Gasteiger partial charge on any atom is -0.497 e. The summed E-state index contributed by atoms with van der Waals surface area (Å²) in [5, 5.41) is 3.12. The summed E-state index contributed by atoms with van der Waals surface area (Å²) in [6.07, 6.45) is 4.06. The lowest BCUT2D eigenvalue weighted by atomic mass is 9.97. The molecule has 0 spiro atoms. The number of fused-ring (bicyclic) bond motifs is 1. The number of urea groups is 1. The number of nitrogens with one attached hydrogen (secondary N) is 1. The fourth-order valence-electron chi connectivity index (χ4n) is 4.96. The zero-order valence-electron chi connectivity index (χ0n) is 19.8. The number of hydrogen-bond acceptors (Lipinski definition) is 5. The first-order chi connectivity index (χ1) is 16.7. The molecule has 0 unspecified atom stereocenters. The van der Waals surface area contributed by atoms with E-state index in [1.807, 2.05) is 35.2 Å². The molecule has 0 aliphatic carbocycles. The second-order valence-corrected chi connectivity index (χ2v) is 8.98. The molecular weight excluding hydrogens is 430 g/mol. The normalized spacial score (nSPS) is 19.3. The quantitative estimate of drug-likeness (QED) is 0.608. The molecule has 180 valence electrons. The molecule has 0 bridgehead atoms. The van der Waals surface area contributed by atoms with Gasteiger partial charge in [0.15, 0.2) is 0 Å². The van der Waals surface area contributed by atoms with Crippen LogP contribution in [0.15, 0.2) is 48.7 Å². The monoisotopic (exact) mass is 463 g/mol. The van der Waals surface area contributed by atoms with E-state index in [0.717, 1.165) is 80.6 Å². The Kier molecular flexibility index (Phi) is 6.97. The summed E-state index contributed by atoms with van der Waals surface area (Å²) >= 11 is 0. The number of rotatable bonds is 6. The van der Waals surface area contributed by atoms with Gasteiger partial charge in [-0.3, -0.25) is 4.90 Å². The van der Waals surface area contributed by atoms with E-state index in [1.54, 1.807) is 7.11 Å². The molecule has 5 rings (SSSR count). The van der Waals surface area contributed by atoms with Gasteiger partial charge in [0.2, 0.25) is 0 Å². The van der Waals surface area contributed by atoms with E-state index >= 15 is 0 Å². The van der Waals surface area contributed by atoms with E-state index in [4.69, 9.17) is 14.5 Å². The third-order valence-electron chi connectivity index (χ3n) is 6.80. The Hall–Kier alpha value is -3.10. The molecule has 2 saturated heterocycles. The molecule has 34 heavy (non-hydrogen) atoms. The molecule has 2 fully saturated rings. The Bertz CT molecular complexity index is 1120. The predicted octanol–water partition coefficient (Wildman–Crippen LogP) is 3.23. The molecule has 1 aromatic carbocycles. The van der Waals surface area contributed by atoms with Crippen LogP contribution in [0.3, 0.4) is 0 Å². The molecule has 0 saturated carbocycles. The van der Waals surface area contributed by atoms with Gasteiger partial charge in [-0.25, -0.2) is 9.78 Å². The van der Waals surface area contributed by atoms with Crippen molar-refractivity contribution in [2.75, 3.05) is 59.6 Å². The molecule has 8 nitrogen and oxygen atoms in total. The van der Waals surface area contributed by atoms with Crippen LogP contribution in [0.2, 0.25) is 0 Å². The Morgan fingerprint density at radius 1 is 1.18 bits per heavy atom. The number of aromatic nitrogens is 2. The maximum absolute atomic E-state index is 12.9. The average Bonchev–Trinajstić information content (AvgIpc) is 3.29. The fraction of sp³-hybridized carbons (Fsp3) is 0.462. The summed E-state index contributed by atoms with van der Waals surface area (Å²) in [6, 6.07) is 14.2. The van der Waals surface area contributed by atoms with E-state index < -0.39 is 0 Å². The zero-order valence-corrected chi connectivity index (χ0v) is 19.8. The second kappa shape index (κ2) is 10.4. The van der Waals surface area contributed by atoms with Gasteiger partial charge >= 0.3 is 6.03 Å². The number of amides is 2. The van der Waals surface area contributed by atoms with Gasteiger partial charge in [-0.2, -0.15) is 0 Å². The van der Waals surface area contributed by atoms with E-state index in [-0.39, 0.29) is 11.9 Å². The fourth-order valence-corrected chi connectivity index (χ4v) is 4.96. The lowest BCUT2D eigenvalue weighted by Gasteiger charge is -2.32. The third-order valence-corrected chi connectivity index (χ3v) is 6.80. The highest BCUT2D eigenvalue weighted by molar-refractivity contribution is 5.78. The SMILES string of the molecule is COc1cccc(-c2nc([C@@H]3CCCN(C(=O)NCCN4CCOCC4)C3)n3ccccc23)c1.